The SMILES string of the molecule is CCc1cc2c(NCc3ccc(Cl)c(Cl)c3)nc(C3CCC(C(=O)O)CC3)nc2s1. The fraction of sp³-hybridized carbons (Fsp3) is 0.409. The third-order valence-corrected chi connectivity index (χ3v) is 7.61. The molecular weight excluding hydrogens is 441 g/mol. The molecule has 0 bridgehead atoms. The van der Waals surface area contributed by atoms with E-state index in [1.807, 2.05) is 12.1 Å². The molecule has 0 amide bonds. The van der Waals surface area contributed by atoms with Gasteiger partial charge >= 0.3 is 5.97 Å². The first kappa shape index (κ1) is 21.3. The molecule has 0 unspecified atom stereocenters. The molecule has 1 aliphatic carbocycles. The fourth-order valence-corrected chi connectivity index (χ4v) is 5.21. The van der Waals surface area contributed by atoms with Crippen LogP contribution in [0, 0.1) is 5.92 Å². The number of aryl methyl sites for hydroxylation is 1. The summed E-state index contributed by atoms with van der Waals surface area (Å²) in [5.41, 5.74) is 1.02. The number of hydrogen-bond donors (Lipinski definition) is 2. The number of carbonyl (C=O) groups is 1. The van der Waals surface area contributed by atoms with Crippen LogP contribution in [0.5, 0.6) is 0 Å². The largest absolute Gasteiger partial charge is 0.481 e. The van der Waals surface area contributed by atoms with Crippen LogP contribution in [-0.2, 0) is 17.8 Å². The van der Waals surface area contributed by atoms with E-state index in [0.717, 1.165) is 46.7 Å². The van der Waals surface area contributed by atoms with E-state index >= 15 is 0 Å². The second-order valence-electron chi connectivity index (χ2n) is 7.70. The summed E-state index contributed by atoms with van der Waals surface area (Å²) in [5.74, 6) is 0.887. The number of hydrogen-bond acceptors (Lipinski definition) is 5. The number of aromatic nitrogens is 2. The number of carboxylic acid groups (broad SMARTS) is 1. The Kier molecular flexibility index (Phi) is 6.46. The molecule has 0 spiro atoms. The Morgan fingerprint density at radius 3 is 2.60 bits per heavy atom. The summed E-state index contributed by atoms with van der Waals surface area (Å²) in [6.45, 7) is 2.71. The molecule has 30 heavy (non-hydrogen) atoms. The first-order valence-electron chi connectivity index (χ1n) is 10.2. The Labute approximate surface area is 189 Å². The van der Waals surface area contributed by atoms with Crippen molar-refractivity contribution in [3.05, 3.63) is 50.6 Å². The number of nitrogens with zero attached hydrogens (tertiary/aromatic N) is 2. The highest BCUT2D eigenvalue weighted by atomic mass is 35.5. The zero-order valence-electron chi connectivity index (χ0n) is 16.6. The Hall–Kier alpha value is -1.89. The van der Waals surface area contributed by atoms with Gasteiger partial charge in [0.05, 0.1) is 21.3 Å². The van der Waals surface area contributed by atoms with Gasteiger partial charge in [0, 0.05) is 17.3 Å². The molecule has 1 saturated carbocycles. The smallest absolute Gasteiger partial charge is 0.306 e. The van der Waals surface area contributed by atoms with Crippen molar-refractivity contribution in [1.82, 2.24) is 9.97 Å². The van der Waals surface area contributed by atoms with Crippen LogP contribution in [-0.4, -0.2) is 21.0 Å². The number of nitrogens with one attached hydrogen (secondary N) is 1. The molecule has 2 heterocycles. The maximum atomic E-state index is 11.3. The van der Waals surface area contributed by atoms with Crippen molar-refractivity contribution in [3.63, 3.8) is 0 Å². The van der Waals surface area contributed by atoms with Gasteiger partial charge in [0.2, 0.25) is 0 Å². The number of carboxylic acids is 1. The molecule has 158 valence electrons. The normalized spacial score (nSPS) is 19.2. The highest BCUT2D eigenvalue weighted by Crippen LogP contribution is 2.37. The van der Waals surface area contributed by atoms with Crippen molar-refractivity contribution >= 4 is 56.5 Å². The second-order valence-corrected chi connectivity index (χ2v) is 9.63. The maximum absolute atomic E-state index is 11.3. The Balaban J connectivity index is 1.61. The molecular formula is C22H23Cl2N3O2S. The summed E-state index contributed by atoms with van der Waals surface area (Å²) >= 11 is 13.9. The quantitative estimate of drug-likeness (QED) is 0.434. The Bertz CT molecular complexity index is 1080. The molecule has 2 N–H and O–H groups in total. The van der Waals surface area contributed by atoms with Crippen LogP contribution in [0.15, 0.2) is 24.3 Å². The van der Waals surface area contributed by atoms with Crippen molar-refractivity contribution in [1.29, 1.82) is 0 Å². The van der Waals surface area contributed by atoms with Crippen LogP contribution >= 0.6 is 34.5 Å². The minimum absolute atomic E-state index is 0.197. The molecule has 0 saturated heterocycles. The first-order chi connectivity index (χ1) is 14.4. The summed E-state index contributed by atoms with van der Waals surface area (Å²) in [7, 11) is 0. The molecule has 4 rings (SSSR count). The first-order valence-corrected chi connectivity index (χ1v) is 11.7. The number of benzene rings is 1. The van der Waals surface area contributed by atoms with Gasteiger partial charge in [0.1, 0.15) is 16.5 Å². The van der Waals surface area contributed by atoms with Crippen molar-refractivity contribution in [2.45, 2.75) is 51.5 Å². The van der Waals surface area contributed by atoms with Crippen LogP contribution < -0.4 is 5.32 Å². The van der Waals surface area contributed by atoms with Crippen LogP contribution in [0.4, 0.5) is 5.82 Å². The third-order valence-electron chi connectivity index (χ3n) is 5.70. The third kappa shape index (κ3) is 4.56. The summed E-state index contributed by atoms with van der Waals surface area (Å²) in [6, 6.07) is 7.75. The van der Waals surface area contributed by atoms with Gasteiger partial charge in [-0.15, -0.1) is 11.3 Å². The van der Waals surface area contributed by atoms with Crippen LogP contribution in [0.1, 0.15) is 54.8 Å². The second kappa shape index (κ2) is 9.08. The number of anilines is 1. The molecule has 5 nitrogen and oxygen atoms in total. The van der Waals surface area contributed by atoms with E-state index in [0.29, 0.717) is 29.4 Å². The standard InChI is InChI=1S/C22H23Cl2N3O2S/c1-2-15-10-16-20(25-11-12-3-8-17(23)18(24)9-12)26-19(27-21(16)30-15)13-4-6-14(7-5-13)22(28)29/h3,8-10,13-14H,2,4-7,11H2,1H3,(H,28,29)(H,25,26,27). The lowest BCUT2D eigenvalue weighted by atomic mass is 9.81. The van der Waals surface area contributed by atoms with E-state index in [4.69, 9.17) is 33.2 Å². The van der Waals surface area contributed by atoms with E-state index in [2.05, 4.69) is 18.3 Å². The van der Waals surface area contributed by atoms with Gasteiger partial charge in [0.15, 0.2) is 0 Å². The van der Waals surface area contributed by atoms with E-state index in [1.54, 1.807) is 17.4 Å². The number of halogens is 2. The average Bonchev–Trinajstić information content (AvgIpc) is 3.18. The number of rotatable bonds is 6. The molecule has 1 fully saturated rings. The lowest BCUT2D eigenvalue weighted by Crippen LogP contribution is -2.21. The molecule has 1 aliphatic rings. The van der Waals surface area contributed by atoms with Crippen LogP contribution in [0.25, 0.3) is 10.2 Å². The van der Waals surface area contributed by atoms with E-state index < -0.39 is 5.97 Å². The van der Waals surface area contributed by atoms with Gasteiger partial charge in [0.25, 0.3) is 0 Å². The molecule has 0 aliphatic heterocycles. The van der Waals surface area contributed by atoms with Gasteiger partial charge in [-0.2, -0.15) is 0 Å². The lowest BCUT2D eigenvalue weighted by Gasteiger charge is -2.25. The van der Waals surface area contributed by atoms with Gasteiger partial charge in [-0.25, -0.2) is 9.97 Å². The van der Waals surface area contributed by atoms with Crippen molar-refractivity contribution in [2.24, 2.45) is 5.92 Å². The molecule has 3 aromatic rings. The minimum Gasteiger partial charge on any atom is -0.481 e. The molecule has 8 heteroatoms. The monoisotopic (exact) mass is 463 g/mol. The van der Waals surface area contributed by atoms with Gasteiger partial charge in [-0.3, -0.25) is 4.79 Å². The van der Waals surface area contributed by atoms with Crippen LogP contribution in [0.3, 0.4) is 0 Å². The topological polar surface area (TPSA) is 75.1 Å². The molecule has 1 aromatic carbocycles. The Morgan fingerprint density at radius 1 is 1.17 bits per heavy atom. The highest BCUT2D eigenvalue weighted by molar-refractivity contribution is 7.18. The number of thiophene rings is 1. The summed E-state index contributed by atoms with van der Waals surface area (Å²) in [6.07, 6.45) is 3.92. The van der Waals surface area contributed by atoms with Crippen LogP contribution in [0.2, 0.25) is 10.0 Å². The fourth-order valence-electron chi connectivity index (χ4n) is 3.91. The van der Waals surface area contributed by atoms with E-state index in [1.165, 1.54) is 4.88 Å². The van der Waals surface area contributed by atoms with Gasteiger partial charge < -0.3 is 10.4 Å². The summed E-state index contributed by atoms with van der Waals surface area (Å²) in [5, 5.41) is 14.8. The predicted molar refractivity (Wildman–Crippen MR) is 123 cm³/mol. The molecule has 0 radical (unpaired) electrons. The van der Waals surface area contributed by atoms with Gasteiger partial charge in [-0.05, 0) is 55.9 Å². The van der Waals surface area contributed by atoms with E-state index in [-0.39, 0.29) is 11.8 Å². The van der Waals surface area contributed by atoms with Crippen molar-refractivity contribution < 1.29 is 9.90 Å². The predicted octanol–water partition coefficient (Wildman–Crippen LogP) is 6.53. The maximum Gasteiger partial charge on any atom is 0.306 e. The van der Waals surface area contributed by atoms with Crippen molar-refractivity contribution in [3.8, 4) is 0 Å². The zero-order chi connectivity index (χ0) is 21.3. The summed E-state index contributed by atoms with van der Waals surface area (Å²) < 4.78 is 0. The van der Waals surface area contributed by atoms with Crippen molar-refractivity contribution in [2.75, 3.05) is 5.32 Å². The van der Waals surface area contributed by atoms with E-state index in [9.17, 15) is 9.90 Å². The highest BCUT2D eigenvalue weighted by Gasteiger charge is 2.29. The zero-order valence-corrected chi connectivity index (χ0v) is 18.9. The summed E-state index contributed by atoms with van der Waals surface area (Å²) in [4.78, 5) is 23.3. The lowest BCUT2D eigenvalue weighted by molar-refractivity contribution is -0.142. The van der Waals surface area contributed by atoms with Gasteiger partial charge in [-0.1, -0.05) is 36.2 Å². The number of aliphatic carboxylic acids is 1. The molecule has 2 aromatic heterocycles. The minimum atomic E-state index is -0.695. The average molecular weight is 464 g/mol. The Morgan fingerprint density at radius 2 is 1.93 bits per heavy atom. The molecule has 0 atom stereocenters. The number of fused-ring (bicyclic) bond motifs is 1.